The molecule has 0 heterocycles. The van der Waals surface area contributed by atoms with Crippen LogP contribution in [0, 0.1) is 11.7 Å². The van der Waals surface area contributed by atoms with E-state index in [1.165, 1.54) is 32.4 Å². The highest BCUT2D eigenvalue weighted by molar-refractivity contribution is 5.49. The van der Waals surface area contributed by atoms with Gasteiger partial charge in [0, 0.05) is 17.8 Å². The third-order valence-corrected chi connectivity index (χ3v) is 2.95. The zero-order valence-corrected chi connectivity index (χ0v) is 9.79. The molecule has 1 N–H and O–H groups in total. The molecule has 0 amide bonds. The molecule has 1 atom stereocenters. The summed E-state index contributed by atoms with van der Waals surface area (Å²) in [6.45, 7) is 2.16. The van der Waals surface area contributed by atoms with E-state index in [0.717, 1.165) is 11.6 Å². The fraction of sp³-hybridized carbons (Fsp3) is 0.538. The maximum atomic E-state index is 13.2. The Hall–Kier alpha value is -1.25. The Kier molecular flexibility index (Phi) is 3.32. The van der Waals surface area contributed by atoms with E-state index < -0.39 is 0 Å². The van der Waals surface area contributed by atoms with Crippen molar-refractivity contribution in [2.45, 2.75) is 32.2 Å². The molecular formula is C13H18FNO. The second-order valence-corrected chi connectivity index (χ2v) is 4.57. The van der Waals surface area contributed by atoms with Crippen LogP contribution in [0.3, 0.4) is 0 Å². The quantitative estimate of drug-likeness (QED) is 0.825. The van der Waals surface area contributed by atoms with Crippen LogP contribution in [-0.4, -0.2) is 13.2 Å². The summed E-state index contributed by atoms with van der Waals surface area (Å²) in [6, 6.07) is 5.33. The molecule has 0 aliphatic heterocycles. The number of halogens is 1. The number of benzene rings is 1. The minimum absolute atomic E-state index is 0.295. The molecule has 16 heavy (non-hydrogen) atoms. The van der Waals surface area contributed by atoms with Crippen molar-refractivity contribution in [3.05, 3.63) is 24.0 Å². The summed E-state index contributed by atoms with van der Waals surface area (Å²) in [4.78, 5) is 0. The Bertz CT molecular complexity index is 363. The van der Waals surface area contributed by atoms with Crippen molar-refractivity contribution in [1.29, 1.82) is 0 Å². The third-order valence-electron chi connectivity index (χ3n) is 2.95. The average molecular weight is 223 g/mol. The maximum absolute atomic E-state index is 13.2. The second-order valence-electron chi connectivity index (χ2n) is 4.57. The van der Waals surface area contributed by atoms with E-state index in [1.54, 1.807) is 12.1 Å². The molecule has 3 heteroatoms. The van der Waals surface area contributed by atoms with E-state index in [-0.39, 0.29) is 5.82 Å². The summed E-state index contributed by atoms with van der Waals surface area (Å²) in [5.74, 6) is 0.872. The van der Waals surface area contributed by atoms with Crippen LogP contribution in [0.15, 0.2) is 18.2 Å². The fourth-order valence-electron chi connectivity index (χ4n) is 1.95. The lowest BCUT2D eigenvalue weighted by molar-refractivity contribution is 0.386. The van der Waals surface area contributed by atoms with Gasteiger partial charge in [0.1, 0.15) is 0 Å². The number of rotatable bonds is 5. The van der Waals surface area contributed by atoms with Gasteiger partial charge in [0.2, 0.25) is 0 Å². The van der Waals surface area contributed by atoms with Gasteiger partial charge in [-0.2, -0.15) is 0 Å². The lowest BCUT2D eigenvalue weighted by atomic mass is 10.1. The van der Waals surface area contributed by atoms with E-state index in [0.29, 0.717) is 11.8 Å². The van der Waals surface area contributed by atoms with E-state index in [2.05, 4.69) is 12.2 Å². The first-order valence-electron chi connectivity index (χ1n) is 5.79. The largest absolute Gasteiger partial charge is 0.494 e. The Balaban J connectivity index is 1.97. The summed E-state index contributed by atoms with van der Waals surface area (Å²) in [5, 5.41) is 3.37. The van der Waals surface area contributed by atoms with Crippen molar-refractivity contribution in [2.75, 3.05) is 12.4 Å². The van der Waals surface area contributed by atoms with Crippen molar-refractivity contribution in [3.8, 4) is 5.75 Å². The number of nitrogens with one attached hydrogen (secondary N) is 1. The smallest absolute Gasteiger partial charge is 0.165 e. The highest BCUT2D eigenvalue weighted by Crippen LogP contribution is 2.34. The first kappa shape index (κ1) is 11.2. The van der Waals surface area contributed by atoms with Gasteiger partial charge in [0.25, 0.3) is 0 Å². The zero-order chi connectivity index (χ0) is 11.5. The first-order valence-corrected chi connectivity index (χ1v) is 5.79. The minimum Gasteiger partial charge on any atom is -0.494 e. The highest BCUT2D eigenvalue weighted by atomic mass is 19.1. The van der Waals surface area contributed by atoms with E-state index in [1.807, 2.05) is 0 Å². The molecular weight excluding hydrogens is 205 g/mol. The van der Waals surface area contributed by atoms with Crippen LogP contribution in [0.2, 0.25) is 0 Å². The average Bonchev–Trinajstić information content (AvgIpc) is 3.04. The van der Waals surface area contributed by atoms with Gasteiger partial charge in [-0.15, -0.1) is 0 Å². The Morgan fingerprint density at radius 1 is 1.50 bits per heavy atom. The van der Waals surface area contributed by atoms with E-state index >= 15 is 0 Å². The van der Waals surface area contributed by atoms with Gasteiger partial charge in [0.15, 0.2) is 11.6 Å². The molecule has 88 valence electrons. The lowest BCUT2D eigenvalue weighted by Gasteiger charge is -2.15. The molecule has 0 spiro atoms. The molecule has 1 unspecified atom stereocenters. The number of methoxy groups -OCH3 is 1. The number of anilines is 1. The molecule has 1 saturated carbocycles. The molecule has 0 saturated heterocycles. The van der Waals surface area contributed by atoms with Crippen molar-refractivity contribution in [1.82, 2.24) is 0 Å². The molecule has 1 aromatic rings. The zero-order valence-electron chi connectivity index (χ0n) is 9.79. The maximum Gasteiger partial charge on any atom is 0.165 e. The van der Waals surface area contributed by atoms with Crippen LogP contribution in [0.25, 0.3) is 0 Å². The summed E-state index contributed by atoms with van der Waals surface area (Å²) in [5.41, 5.74) is 0.923. The summed E-state index contributed by atoms with van der Waals surface area (Å²) < 4.78 is 18.1. The second kappa shape index (κ2) is 4.73. The van der Waals surface area contributed by atoms with Crippen LogP contribution in [0.5, 0.6) is 5.75 Å². The standard InChI is InChI=1S/C13H18FNO/c1-9(7-10-3-4-10)15-11-5-6-12(14)13(8-11)16-2/h5-6,8-10,15H,3-4,7H2,1-2H3. The Labute approximate surface area is 95.8 Å². The van der Waals surface area contributed by atoms with E-state index in [4.69, 9.17) is 4.74 Å². The minimum atomic E-state index is -0.317. The number of hydrogen-bond donors (Lipinski definition) is 1. The Morgan fingerprint density at radius 3 is 2.88 bits per heavy atom. The molecule has 0 radical (unpaired) electrons. The number of hydrogen-bond acceptors (Lipinski definition) is 2. The SMILES string of the molecule is COc1cc(NC(C)CC2CC2)ccc1F. The monoisotopic (exact) mass is 223 g/mol. The molecule has 1 fully saturated rings. The topological polar surface area (TPSA) is 21.3 Å². The summed E-state index contributed by atoms with van der Waals surface area (Å²) in [7, 11) is 1.48. The van der Waals surface area contributed by atoms with Gasteiger partial charge >= 0.3 is 0 Å². The van der Waals surface area contributed by atoms with Crippen LogP contribution in [0.1, 0.15) is 26.2 Å². The fourth-order valence-corrected chi connectivity index (χ4v) is 1.95. The van der Waals surface area contributed by atoms with Gasteiger partial charge in [-0.1, -0.05) is 12.8 Å². The van der Waals surface area contributed by atoms with Gasteiger partial charge in [-0.25, -0.2) is 4.39 Å². The van der Waals surface area contributed by atoms with Crippen molar-refractivity contribution < 1.29 is 9.13 Å². The molecule has 1 aliphatic carbocycles. The van der Waals surface area contributed by atoms with Crippen molar-refractivity contribution in [2.24, 2.45) is 5.92 Å². The van der Waals surface area contributed by atoms with Gasteiger partial charge in [-0.05, 0) is 31.4 Å². The first-order chi connectivity index (χ1) is 7.69. The van der Waals surface area contributed by atoms with Gasteiger partial charge in [-0.3, -0.25) is 0 Å². The summed E-state index contributed by atoms with van der Waals surface area (Å²) in [6.07, 6.45) is 3.91. The summed E-state index contributed by atoms with van der Waals surface area (Å²) >= 11 is 0. The molecule has 2 rings (SSSR count). The van der Waals surface area contributed by atoms with Crippen molar-refractivity contribution in [3.63, 3.8) is 0 Å². The van der Waals surface area contributed by atoms with Crippen molar-refractivity contribution >= 4 is 5.69 Å². The van der Waals surface area contributed by atoms with Crippen LogP contribution < -0.4 is 10.1 Å². The molecule has 1 aliphatic rings. The Morgan fingerprint density at radius 2 is 2.25 bits per heavy atom. The third kappa shape index (κ3) is 2.87. The van der Waals surface area contributed by atoms with Crippen LogP contribution in [0.4, 0.5) is 10.1 Å². The van der Waals surface area contributed by atoms with Crippen LogP contribution in [-0.2, 0) is 0 Å². The molecule has 0 bridgehead atoms. The predicted molar refractivity (Wildman–Crippen MR) is 63.4 cm³/mol. The van der Waals surface area contributed by atoms with E-state index in [9.17, 15) is 4.39 Å². The predicted octanol–water partition coefficient (Wildman–Crippen LogP) is 3.43. The number of ether oxygens (including phenoxy) is 1. The molecule has 0 aromatic heterocycles. The highest BCUT2D eigenvalue weighted by Gasteiger charge is 2.23. The van der Waals surface area contributed by atoms with Gasteiger partial charge in [0.05, 0.1) is 7.11 Å². The van der Waals surface area contributed by atoms with Crippen LogP contribution >= 0.6 is 0 Å². The lowest BCUT2D eigenvalue weighted by Crippen LogP contribution is -2.15. The normalized spacial score (nSPS) is 16.9. The van der Waals surface area contributed by atoms with Gasteiger partial charge < -0.3 is 10.1 Å². The molecule has 2 nitrogen and oxygen atoms in total. The molecule has 1 aromatic carbocycles.